The summed E-state index contributed by atoms with van der Waals surface area (Å²) in [6, 6.07) is -1.28. The molecule has 7 heteroatoms. The Morgan fingerprint density at radius 3 is 2.59 bits per heavy atom. The van der Waals surface area contributed by atoms with E-state index in [9.17, 15) is 13.2 Å². The third-order valence-electron chi connectivity index (χ3n) is 2.15. The third kappa shape index (κ3) is 5.68. The van der Waals surface area contributed by atoms with E-state index in [0.717, 1.165) is 10.7 Å². The highest BCUT2D eigenvalue weighted by Crippen LogP contribution is 2.01. The van der Waals surface area contributed by atoms with Crippen molar-refractivity contribution in [3.63, 3.8) is 0 Å². The molecule has 0 saturated heterocycles. The van der Waals surface area contributed by atoms with Crippen LogP contribution in [0.15, 0.2) is 0 Å². The summed E-state index contributed by atoms with van der Waals surface area (Å²) in [5.41, 5.74) is 0. The smallest absolute Gasteiger partial charge is 0.322 e. The van der Waals surface area contributed by atoms with Gasteiger partial charge in [0.25, 0.3) is 10.2 Å². The van der Waals surface area contributed by atoms with Gasteiger partial charge in [-0.1, -0.05) is 13.3 Å². The molecule has 98 valence electrons. The number of rotatable bonds is 8. The predicted molar refractivity (Wildman–Crippen MR) is 64.5 cm³/mol. The average Bonchev–Trinajstić information content (AvgIpc) is 2.24. The van der Waals surface area contributed by atoms with Crippen LogP contribution in [0.1, 0.15) is 26.2 Å². The van der Waals surface area contributed by atoms with Gasteiger partial charge < -0.3 is 5.11 Å². The largest absolute Gasteiger partial charge is 0.480 e. The first-order valence-electron chi connectivity index (χ1n) is 5.25. The Morgan fingerprint density at radius 2 is 2.18 bits per heavy atom. The molecule has 1 unspecified atom stereocenters. The van der Waals surface area contributed by atoms with Gasteiger partial charge in [-0.15, -0.1) is 12.3 Å². The molecule has 6 nitrogen and oxygen atoms in total. The number of carboxylic acid groups (broad SMARTS) is 1. The van der Waals surface area contributed by atoms with Gasteiger partial charge in [0.15, 0.2) is 0 Å². The highest BCUT2D eigenvalue weighted by Gasteiger charge is 2.25. The second-order valence-electron chi connectivity index (χ2n) is 3.60. The van der Waals surface area contributed by atoms with Crippen LogP contribution in [0.4, 0.5) is 0 Å². The van der Waals surface area contributed by atoms with Gasteiger partial charge in [0.2, 0.25) is 0 Å². The Hall–Kier alpha value is -1.10. The molecule has 0 rings (SSSR count). The number of carbonyl (C=O) groups is 1. The first-order valence-corrected chi connectivity index (χ1v) is 6.69. The van der Waals surface area contributed by atoms with Crippen molar-refractivity contribution < 1.29 is 18.3 Å². The SMILES string of the molecule is C#CCC(NS(=O)(=O)N(C)CCCC)C(=O)O. The summed E-state index contributed by atoms with van der Waals surface area (Å²) in [6.45, 7) is 2.28. The summed E-state index contributed by atoms with van der Waals surface area (Å²) >= 11 is 0. The number of nitrogens with zero attached hydrogens (tertiary/aromatic N) is 1. The molecule has 0 bridgehead atoms. The second kappa shape index (κ2) is 7.27. The molecule has 0 aromatic carbocycles. The van der Waals surface area contributed by atoms with Crippen molar-refractivity contribution in [2.24, 2.45) is 0 Å². The van der Waals surface area contributed by atoms with E-state index in [2.05, 4.69) is 10.6 Å². The Balaban J connectivity index is 4.61. The van der Waals surface area contributed by atoms with E-state index in [1.807, 2.05) is 6.92 Å². The van der Waals surface area contributed by atoms with Crippen molar-refractivity contribution in [2.45, 2.75) is 32.2 Å². The quantitative estimate of drug-likeness (QED) is 0.604. The van der Waals surface area contributed by atoms with Crippen LogP contribution in [-0.4, -0.2) is 43.4 Å². The van der Waals surface area contributed by atoms with Crippen LogP contribution in [0.5, 0.6) is 0 Å². The normalized spacial score (nSPS) is 13.3. The lowest BCUT2D eigenvalue weighted by Crippen LogP contribution is -2.47. The zero-order valence-corrected chi connectivity index (χ0v) is 10.8. The van der Waals surface area contributed by atoms with Gasteiger partial charge >= 0.3 is 5.97 Å². The van der Waals surface area contributed by atoms with Crippen LogP contribution >= 0.6 is 0 Å². The molecule has 0 heterocycles. The molecule has 0 saturated carbocycles. The number of nitrogens with one attached hydrogen (secondary N) is 1. The minimum Gasteiger partial charge on any atom is -0.480 e. The molecule has 1 atom stereocenters. The number of aliphatic carboxylic acids is 1. The summed E-state index contributed by atoms with van der Waals surface area (Å²) in [5, 5.41) is 8.78. The van der Waals surface area contributed by atoms with Crippen LogP contribution in [0.2, 0.25) is 0 Å². The Bertz CT molecular complexity index is 386. The van der Waals surface area contributed by atoms with Gasteiger partial charge in [0.1, 0.15) is 6.04 Å². The maximum Gasteiger partial charge on any atom is 0.322 e. The first-order chi connectivity index (χ1) is 7.85. The first kappa shape index (κ1) is 15.9. The summed E-state index contributed by atoms with van der Waals surface area (Å²) in [7, 11) is -2.40. The van der Waals surface area contributed by atoms with Gasteiger partial charge in [0.05, 0.1) is 0 Å². The molecule has 0 spiro atoms. The summed E-state index contributed by atoms with van der Waals surface area (Å²) < 4.78 is 26.6. The lowest BCUT2D eigenvalue weighted by Gasteiger charge is -2.19. The highest BCUT2D eigenvalue weighted by atomic mass is 32.2. The molecule has 0 aliphatic heterocycles. The molecule has 2 N–H and O–H groups in total. The minimum atomic E-state index is -3.79. The lowest BCUT2D eigenvalue weighted by molar-refractivity contribution is -0.138. The van der Waals surface area contributed by atoms with Crippen LogP contribution in [0.3, 0.4) is 0 Å². The molecule has 17 heavy (non-hydrogen) atoms. The van der Waals surface area contributed by atoms with Gasteiger partial charge in [-0.25, -0.2) is 0 Å². The topological polar surface area (TPSA) is 86.7 Å². The number of unbranched alkanes of at least 4 members (excludes halogenated alkanes) is 1. The molecule has 0 aromatic heterocycles. The van der Waals surface area contributed by atoms with E-state index in [-0.39, 0.29) is 6.42 Å². The van der Waals surface area contributed by atoms with Crippen molar-refractivity contribution in [3.05, 3.63) is 0 Å². The van der Waals surface area contributed by atoms with Gasteiger partial charge in [-0.05, 0) is 6.42 Å². The van der Waals surface area contributed by atoms with E-state index >= 15 is 0 Å². The monoisotopic (exact) mass is 262 g/mol. The number of carboxylic acids is 1. The molecule has 0 radical (unpaired) electrons. The maximum absolute atomic E-state index is 11.7. The minimum absolute atomic E-state index is 0.184. The third-order valence-corrected chi connectivity index (χ3v) is 3.73. The van der Waals surface area contributed by atoms with Gasteiger partial charge in [-0.3, -0.25) is 4.79 Å². The fourth-order valence-electron chi connectivity index (χ4n) is 1.07. The number of terminal acetylenes is 1. The highest BCUT2D eigenvalue weighted by molar-refractivity contribution is 7.87. The molecular formula is C10H18N2O4S. The van der Waals surface area contributed by atoms with E-state index < -0.39 is 22.2 Å². The number of hydrogen-bond acceptors (Lipinski definition) is 3. The van der Waals surface area contributed by atoms with Crippen LogP contribution in [0, 0.1) is 12.3 Å². The molecule has 0 aliphatic carbocycles. The average molecular weight is 262 g/mol. The van der Waals surface area contributed by atoms with Crippen molar-refractivity contribution in [1.82, 2.24) is 9.03 Å². The van der Waals surface area contributed by atoms with Gasteiger partial charge in [0, 0.05) is 20.0 Å². The zero-order chi connectivity index (χ0) is 13.5. The van der Waals surface area contributed by atoms with Gasteiger partial charge in [-0.2, -0.15) is 17.4 Å². The van der Waals surface area contributed by atoms with Crippen molar-refractivity contribution in [1.29, 1.82) is 0 Å². The van der Waals surface area contributed by atoms with Crippen molar-refractivity contribution in [2.75, 3.05) is 13.6 Å². The molecule has 0 aliphatic rings. The van der Waals surface area contributed by atoms with Crippen LogP contribution in [-0.2, 0) is 15.0 Å². The number of hydrogen-bond donors (Lipinski definition) is 2. The summed E-state index contributed by atoms with van der Waals surface area (Å²) in [5.74, 6) is 0.845. The predicted octanol–water partition coefficient (Wildman–Crippen LogP) is 0.0292. The molecule has 0 amide bonds. The summed E-state index contributed by atoms with van der Waals surface area (Å²) in [4.78, 5) is 10.8. The van der Waals surface area contributed by atoms with E-state index in [0.29, 0.717) is 13.0 Å². The van der Waals surface area contributed by atoms with E-state index in [1.54, 1.807) is 0 Å². The van der Waals surface area contributed by atoms with Crippen LogP contribution in [0.25, 0.3) is 0 Å². The summed E-state index contributed by atoms with van der Waals surface area (Å²) in [6.07, 6.45) is 6.36. The Morgan fingerprint density at radius 1 is 1.59 bits per heavy atom. The van der Waals surface area contributed by atoms with Crippen LogP contribution < -0.4 is 4.72 Å². The van der Waals surface area contributed by atoms with Crippen molar-refractivity contribution in [3.8, 4) is 12.3 Å². The standard InChI is InChI=1S/C10H18N2O4S/c1-4-6-8-12(3)17(15,16)11-9(7-5-2)10(13)14/h2,9,11H,4,6-8H2,1,3H3,(H,13,14). The Kier molecular flexibility index (Phi) is 6.80. The fourth-order valence-corrected chi connectivity index (χ4v) is 2.16. The molecular weight excluding hydrogens is 244 g/mol. The van der Waals surface area contributed by atoms with Crippen molar-refractivity contribution >= 4 is 16.2 Å². The zero-order valence-electron chi connectivity index (χ0n) is 10.0. The molecule has 0 aromatic rings. The lowest BCUT2D eigenvalue weighted by atomic mass is 10.2. The van der Waals surface area contributed by atoms with E-state index in [4.69, 9.17) is 11.5 Å². The molecule has 0 fully saturated rings. The maximum atomic E-state index is 11.7. The fraction of sp³-hybridized carbons (Fsp3) is 0.700. The van der Waals surface area contributed by atoms with E-state index in [1.165, 1.54) is 7.05 Å². The second-order valence-corrected chi connectivity index (χ2v) is 5.41. The Labute approximate surface area is 102 Å².